The van der Waals surface area contributed by atoms with Crippen LogP contribution in [0.2, 0.25) is 0 Å². The summed E-state index contributed by atoms with van der Waals surface area (Å²) in [7, 11) is 0. The summed E-state index contributed by atoms with van der Waals surface area (Å²) in [5, 5.41) is 0. The molecule has 3 heteroatoms. The van der Waals surface area contributed by atoms with E-state index in [1.165, 1.54) is 10.5 Å². The molecule has 2 rings (SSSR count). The molecule has 0 aliphatic rings. The molecule has 0 saturated carbocycles. The Labute approximate surface area is 119 Å². The number of ether oxygens (including phenoxy) is 1. The average Bonchev–Trinajstić information content (AvgIpc) is 2.39. The molecule has 0 bridgehead atoms. The Balaban J connectivity index is 2.31. The van der Waals surface area contributed by atoms with Crippen LogP contribution in [0.3, 0.4) is 0 Å². The molecule has 0 saturated heterocycles. The van der Waals surface area contributed by atoms with E-state index in [1.54, 1.807) is 11.8 Å². The summed E-state index contributed by atoms with van der Waals surface area (Å²) in [6.45, 7) is 4.68. The fourth-order valence-electron chi connectivity index (χ4n) is 1.94. The zero-order chi connectivity index (χ0) is 13.7. The van der Waals surface area contributed by atoms with Crippen molar-refractivity contribution in [3.8, 4) is 11.5 Å². The van der Waals surface area contributed by atoms with Crippen LogP contribution in [0.4, 0.5) is 0 Å². The van der Waals surface area contributed by atoms with Crippen LogP contribution in [0.15, 0.2) is 47.4 Å². The van der Waals surface area contributed by atoms with E-state index < -0.39 is 0 Å². The van der Waals surface area contributed by atoms with E-state index in [0.29, 0.717) is 6.54 Å². The summed E-state index contributed by atoms with van der Waals surface area (Å²) >= 11 is 1.79. The maximum Gasteiger partial charge on any atom is 0.133 e. The Kier molecular flexibility index (Phi) is 4.88. The largest absolute Gasteiger partial charge is 0.457 e. The van der Waals surface area contributed by atoms with E-state index in [0.717, 1.165) is 22.8 Å². The van der Waals surface area contributed by atoms with E-state index in [1.807, 2.05) is 30.3 Å². The predicted octanol–water partition coefficient (Wildman–Crippen LogP) is 4.36. The Bertz CT molecular complexity index is 554. The van der Waals surface area contributed by atoms with Crippen molar-refractivity contribution in [2.75, 3.05) is 5.75 Å². The van der Waals surface area contributed by atoms with Gasteiger partial charge in [0, 0.05) is 17.0 Å². The zero-order valence-corrected chi connectivity index (χ0v) is 12.2. The van der Waals surface area contributed by atoms with Crippen molar-refractivity contribution in [1.29, 1.82) is 0 Å². The summed E-state index contributed by atoms with van der Waals surface area (Å²) in [6.07, 6.45) is 0. The number of nitrogens with two attached hydrogens (primary N) is 1. The van der Waals surface area contributed by atoms with Crippen LogP contribution >= 0.6 is 11.8 Å². The minimum atomic E-state index is 0.490. The highest BCUT2D eigenvalue weighted by atomic mass is 32.2. The topological polar surface area (TPSA) is 35.2 Å². The number of aryl methyl sites for hydroxylation is 1. The molecule has 100 valence electrons. The molecule has 0 amide bonds. The molecule has 19 heavy (non-hydrogen) atoms. The summed E-state index contributed by atoms with van der Waals surface area (Å²) in [5.74, 6) is 2.74. The molecule has 0 aliphatic heterocycles. The minimum Gasteiger partial charge on any atom is -0.457 e. The van der Waals surface area contributed by atoms with Gasteiger partial charge >= 0.3 is 0 Å². The first-order valence-corrected chi connectivity index (χ1v) is 7.42. The molecule has 2 nitrogen and oxygen atoms in total. The monoisotopic (exact) mass is 273 g/mol. The molecule has 0 heterocycles. The van der Waals surface area contributed by atoms with Gasteiger partial charge in [0.15, 0.2) is 0 Å². The standard InChI is InChI=1S/C16H19NOS/c1-3-19-16-9-5-8-15(14(16)11-17)18-13-7-4-6-12(2)10-13/h4-10H,3,11,17H2,1-2H3. The molecule has 0 fully saturated rings. The molecule has 0 unspecified atom stereocenters. The highest BCUT2D eigenvalue weighted by Crippen LogP contribution is 2.32. The Morgan fingerprint density at radius 1 is 1.16 bits per heavy atom. The third kappa shape index (κ3) is 3.52. The van der Waals surface area contributed by atoms with E-state index in [-0.39, 0.29) is 0 Å². The van der Waals surface area contributed by atoms with Crippen molar-refractivity contribution in [2.24, 2.45) is 5.73 Å². The highest BCUT2D eigenvalue weighted by Gasteiger charge is 2.09. The van der Waals surface area contributed by atoms with Crippen LogP contribution in [0, 0.1) is 6.92 Å². The maximum atomic E-state index is 5.97. The molecule has 0 aromatic heterocycles. The van der Waals surface area contributed by atoms with Gasteiger partial charge in [0.2, 0.25) is 0 Å². The van der Waals surface area contributed by atoms with Gasteiger partial charge in [-0.1, -0.05) is 25.1 Å². The van der Waals surface area contributed by atoms with Crippen LogP contribution in [0.1, 0.15) is 18.1 Å². The van der Waals surface area contributed by atoms with E-state index >= 15 is 0 Å². The molecule has 2 aromatic carbocycles. The van der Waals surface area contributed by atoms with Crippen LogP contribution in [0.25, 0.3) is 0 Å². The molecule has 2 aromatic rings. The zero-order valence-electron chi connectivity index (χ0n) is 11.3. The van der Waals surface area contributed by atoms with Gasteiger partial charge in [-0.3, -0.25) is 0 Å². The predicted molar refractivity (Wildman–Crippen MR) is 82.0 cm³/mol. The first kappa shape index (κ1) is 14.0. The average molecular weight is 273 g/mol. The van der Waals surface area contributed by atoms with Crippen molar-refractivity contribution in [2.45, 2.75) is 25.3 Å². The van der Waals surface area contributed by atoms with Gasteiger partial charge < -0.3 is 10.5 Å². The van der Waals surface area contributed by atoms with Gasteiger partial charge in [-0.2, -0.15) is 0 Å². The smallest absolute Gasteiger partial charge is 0.133 e. The Morgan fingerprint density at radius 2 is 1.95 bits per heavy atom. The van der Waals surface area contributed by atoms with Gasteiger partial charge in [0.05, 0.1) is 0 Å². The van der Waals surface area contributed by atoms with Crippen molar-refractivity contribution in [3.05, 3.63) is 53.6 Å². The molecular weight excluding hydrogens is 254 g/mol. The molecule has 0 aliphatic carbocycles. The second kappa shape index (κ2) is 6.64. The second-order valence-electron chi connectivity index (χ2n) is 4.29. The normalized spacial score (nSPS) is 10.5. The number of rotatable bonds is 5. The van der Waals surface area contributed by atoms with Gasteiger partial charge in [-0.15, -0.1) is 11.8 Å². The number of thioether (sulfide) groups is 1. The second-order valence-corrected chi connectivity index (χ2v) is 5.59. The van der Waals surface area contributed by atoms with Crippen LogP contribution < -0.4 is 10.5 Å². The fraction of sp³-hybridized carbons (Fsp3) is 0.250. The third-order valence-corrected chi connectivity index (χ3v) is 3.79. The molecule has 0 atom stereocenters. The summed E-state index contributed by atoms with van der Waals surface area (Å²) in [6, 6.07) is 14.1. The SMILES string of the molecule is CCSc1cccc(Oc2cccc(C)c2)c1CN. The summed E-state index contributed by atoms with van der Waals surface area (Å²) in [5.41, 5.74) is 8.14. The van der Waals surface area contributed by atoms with Crippen molar-refractivity contribution >= 4 is 11.8 Å². The summed E-state index contributed by atoms with van der Waals surface area (Å²) in [4.78, 5) is 1.20. The lowest BCUT2D eigenvalue weighted by Crippen LogP contribution is -2.01. The lowest BCUT2D eigenvalue weighted by Gasteiger charge is -2.13. The quantitative estimate of drug-likeness (QED) is 0.822. The lowest BCUT2D eigenvalue weighted by molar-refractivity contribution is 0.474. The van der Waals surface area contributed by atoms with Gasteiger partial charge in [0.25, 0.3) is 0 Å². The Hall–Kier alpha value is -1.45. The molecule has 0 radical (unpaired) electrons. The summed E-state index contributed by atoms with van der Waals surface area (Å²) < 4.78 is 5.97. The molecule has 2 N–H and O–H groups in total. The van der Waals surface area contributed by atoms with Crippen LogP contribution in [0.5, 0.6) is 11.5 Å². The van der Waals surface area contributed by atoms with Crippen LogP contribution in [-0.4, -0.2) is 5.75 Å². The third-order valence-electron chi connectivity index (χ3n) is 2.81. The maximum absolute atomic E-state index is 5.97. The van der Waals surface area contributed by atoms with Gasteiger partial charge in [0.1, 0.15) is 11.5 Å². The highest BCUT2D eigenvalue weighted by molar-refractivity contribution is 7.99. The van der Waals surface area contributed by atoms with Crippen molar-refractivity contribution in [3.63, 3.8) is 0 Å². The first-order valence-electron chi connectivity index (χ1n) is 6.44. The van der Waals surface area contributed by atoms with Crippen LogP contribution in [-0.2, 0) is 6.54 Å². The van der Waals surface area contributed by atoms with Crippen molar-refractivity contribution in [1.82, 2.24) is 0 Å². The van der Waals surface area contributed by atoms with Crippen molar-refractivity contribution < 1.29 is 4.74 Å². The van der Waals surface area contributed by atoms with Gasteiger partial charge in [-0.25, -0.2) is 0 Å². The van der Waals surface area contributed by atoms with Gasteiger partial charge in [-0.05, 0) is 42.5 Å². The number of hydrogen-bond donors (Lipinski definition) is 1. The molecule has 0 spiro atoms. The van der Waals surface area contributed by atoms with E-state index in [9.17, 15) is 0 Å². The fourth-order valence-corrected chi connectivity index (χ4v) is 2.78. The first-order chi connectivity index (χ1) is 9.24. The number of hydrogen-bond acceptors (Lipinski definition) is 3. The minimum absolute atomic E-state index is 0.490. The van der Waals surface area contributed by atoms with E-state index in [2.05, 4.69) is 26.0 Å². The van der Waals surface area contributed by atoms with E-state index in [4.69, 9.17) is 10.5 Å². The number of benzene rings is 2. The molecular formula is C16H19NOS. The lowest BCUT2D eigenvalue weighted by atomic mass is 10.2. The Morgan fingerprint density at radius 3 is 2.63 bits per heavy atom.